The van der Waals surface area contributed by atoms with Crippen molar-refractivity contribution in [3.8, 4) is 0 Å². The third-order valence-electron chi connectivity index (χ3n) is 1.04. The first-order valence-electron chi connectivity index (χ1n) is 2.95. The largest absolute Gasteiger partial charge is 0.502 e. The SMILES string of the molecule is C[C@H](O)[C@H](O)/C=C(\O)C(=O)O. The average Bonchev–Trinajstić information content (AvgIpc) is 1.87. The maximum atomic E-state index is 9.95. The zero-order valence-corrected chi connectivity index (χ0v) is 5.93. The van der Waals surface area contributed by atoms with Crippen molar-refractivity contribution in [1.82, 2.24) is 0 Å². The van der Waals surface area contributed by atoms with Gasteiger partial charge in [0.1, 0.15) is 6.10 Å². The minimum Gasteiger partial charge on any atom is -0.502 e. The highest BCUT2D eigenvalue weighted by Crippen LogP contribution is 1.97. The lowest BCUT2D eigenvalue weighted by atomic mass is 10.2. The van der Waals surface area contributed by atoms with Gasteiger partial charge >= 0.3 is 5.97 Å². The van der Waals surface area contributed by atoms with Crippen LogP contribution in [0.1, 0.15) is 6.92 Å². The lowest BCUT2D eigenvalue weighted by molar-refractivity contribution is -0.135. The summed E-state index contributed by atoms with van der Waals surface area (Å²) in [7, 11) is 0. The van der Waals surface area contributed by atoms with Gasteiger partial charge in [-0.15, -0.1) is 0 Å². The van der Waals surface area contributed by atoms with Gasteiger partial charge in [-0.1, -0.05) is 0 Å². The molecule has 0 bridgehead atoms. The Labute approximate surface area is 63.2 Å². The highest BCUT2D eigenvalue weighted by Gasteiger charge is 2.11. The molecular weight excluding hydrogens is 152 g/mol. The summed E-state index contributed by atoms with van der Waals surface area (Å²) in [6.07, 6.45) is -1.80. The van der Waals surface area contributed by atoms with Crippen LogP contribution in [0.3, 0.4) is 0 Å². The minimum absolute atomic E-state index is 0.660. The van der Waals surface area contributed by atoms with E-state index in [1.807, 2.05) is 0 Å². The van der Waals surface area contributed by atoms with Crippen molar-refractivity contribution in [2.45, 2.75) is 19.1 Å². The molecule has 0 aromatic heterocycles. The van der Waals surface area contributed by atoms with Crippen LogP contribution >= 0.6 is 0 Å². The van der Waals surface area contributed by atoms with Gasteiger partial charge in [-0.3, -0.25) is 0 Å². The fourth-order valence-electron chi connectivity index (χ4n) is 0.372. The molecule has 2 atom stereocenters. The van der Waals surface area contributed by atoms with E-state index in [0.29, 0.717) is 6.08 Å². The van der Waals surface area contributed by atoms with Crippen LogP contribution in [0.25, 0.3) is 0 Å². The van der Waals surface area contributed by atoms with Gasteiger partial charge in [-0.25, -0.2) is 4.79 Å². The van der Waals surface area contributed by atoms with E-state index in [0.717, 1.165) is 0 Å². The smallest absolute Gasteiger partial charge is 0.370 e. The molecule has 0 aliphatic heterocycles. The van der Waals surface area contributed by atoms with Crippen LogP contribution in [0.15, 0.2) is 11.8 Å². The molecule has 0 saturated heterocycles. The fourth-order valence-corrected chi connectivity index (χ4v) is 0.372. The summed E-state index contributed by atoms with van der Waals surface area (Å²) in [6.45, 7) is 1.27. The molecule has 0 fully saturated rings. The molecule has 0 aromatic rings. The van der Waals surface area contributed by atoms with E-state index >= 15 is 0 Å². The van der Waals surface area contributed by atoms with Gasteiger partial charge in [0, 0.05) is 0 Å². The minimum atomic E-state index is -1.54. The van der Waals surface area contributed by atoms with Crippen molar-refractivity contribution in [3.05, 3.63) is 11.8 Å². The molecule has 0 saturated carbocycles. The molecule has 5 heteroatoms. The number of rotatable bonds is 3. The van der Waals surface area contributed by atoms with Gasteiger partial charge in [0.25, 0.3) is 0 Å². The topological polar surface area (TPSA) is 98.0 Å². The number of aliphatic hydroxyl groups excluding tert-OH is 3. The van der Waals surface area contributed by atoms with E-state index in [1.54, 1.807) is 0 Å². The van der Waals surface area contributed by atoms with Crippen molar-refractivity contribution in [3.63, 3.8) is 0 Å². The van der Waals surface area contributed by atoms with Crippen LogP contribution in [-0.4, -0.2) is 38.6 Å². The molecule has 0 aromatic carbocycles. The molecule has 0 heterocycles. The zero-order valence-electron chi connectivity index (χ0n) is 5.93. The molecule has 11 heavy (non-hydrogen) atoms. The number of hydrogen-bond acceptors (Lipinski definition) is 4. The Morgan fingerprint density at radius 2 is 1.82 bits per heavy atom. The molecule has 5 nitrogen and oxygen atoms in total. The fraction of sp³-hybridized carbons (Fsp3) is 0.500. The van der Waals surface area contributed by atoms with Crippen LogP contribution in [0, 0.1) is 0 Å². The average molecular weight is 162 g/mol. The summed E-state index contributed by atoms with van der Waals surface area (Å²) in [4.78, 5) is 9.95. The van der Waals surface area contributed by atoms with E-state index < -0.39 is 23.9 Å². The predicted molar refractivity (Wildman–Crippen MR) is 36.0 cm³/mol. The van der Waals surface area contributed by atoms with Crippen molar-refractivity contribution in [2.75, 3.05) is 0 Å². The van der Waals surface area contributed by atoms with Gasteiger partial charge in [0.15, 0.2) is 5.76 Å². The number of carbonyl (C=O) groups is 1. The standard InChI is InChI=1S/C6H10O5/c1-3(7)4(8)2-5(9)6(10)11/h2-4,7-9H,1H3,(H,10,11)/b5-2-/t3-,4+/m0/s1. The van der Waals surface area contributed by atoms with E-state index in [2.05, 4.69) is 0 Å². The van der Waals surface area contributed by atoms with Crippen LogP contribution in [0.2, 0.25) is 0 Å². The van der Waals surface area contributed by atoms with E-state index in [1.165, 1.54) is 6.92 Å². The quantitative estimate of drug-likeness (QED) is 0.323. The molecule has 0 rings (SSSR count). The van der Waals surface area contributed by atoms with E-state index in [-0.39, 0.29) is 0 Å². The summed E-state index contributed by atoms with van der Waals surface area (Å²) >= 11 is 0. The van der Waals surface area contributed by atoms with Crippen molar-refractivity contribution < 1.29 is 25.2 Å². The first-order valence-corrected chi connectivity index (χ1v) is 2.95. The van der Waals surface area contributed by atoms with Crippen molar-refractivity contribution in [1.29, 1.82) is 0 Å². The van der Waals surface area contributed by atoms with Gasteiger partial charge in [-0.05, 0) is 13.0 Å². The second kappa shape index (κ2) is 3.95. The summed E-state index contributed by atoms with van der Waals surface area (Å²) in [5, 5.41) is 34.1. The molecule has 64 valence electrons. The van der Waals surface area contributed by atoms with Gasteiger partial charge in [0.05, 0.1) is 6.10 Å². The molecule has 0 spiro atoms. The molecule has 0 aliphatic rings. The summed E-state index contributed by atoms with van der Waals surface area (Å²) < 4.78 is 0. The van der Waals surface area contributed by atoms with Crippen LogP contribution in [0.5, 0.6) is 0 Å². The first kappa shape index (κ1) is 9.93. The molecule has 0 amide bonds. The Morgan fingerprint density at radius 3 is 2.09 bits per heavy atom. The number of aliphatic carboxylic acids is 1. The third-order valence-corrected chi connectivity index (χ3v) is 1.04. The predicted octanol–water partition coefficient (Wildman–Crippen LogP) is -0.745. The Kier molecular flexibility index (Phi) is 3.56. The highest BCUT2D eigenvalue weighted by molar-refractivity contribution is 5.83. The summed E-state index contributed by atoms with van der Waals surface area (Å²) in [5.41, 5.74) is 0. The summed E-state index contributed by atoms with van der Waals surface area (Å²) in [6, 6.07) is 0. The van der Waals surface area contributed by atoms with E-state index in [9.17, 15) is 4.79 Å². The van der Waals surface area contributed by atoms with Crippen molar-refractivity contribution in [2.24, 2.45) is 0 Å². The first-order chi connectivity index (χ1) is 4.95. The number of carboxylic acids is 1. The van der Waals surface area contributed by atoms with Gasteiger partial charge in [0.2, 0.25) is 0 Å². The van der Waals surface area contributed by atoms with Gasteiger partial charge in [-0.2, -0.15) is 0 Å². The molecular formula is C6H10O5. The van der Waals surface area contributed by atoms with Crippen LogP contribution in [-0.2, 0) is 4.79 Å². The number of hydrogen-bond donors (Lipinski definition) is 4. The normalized spacial score (nSPS) is 17.5. The Balaban J connectivity index is 4.19. The van der Waals surface area contributed by atoms with Crippen LogP contribution < -0.4 is 0 Å². The lowest BCUT2D eigenvalue weighted by Gasteiger charge is -2.07. The van der Waals surface area contributed by atoms with Crippen LogP contribution in [0.4, 0.5) is 0 Å². The van der Waals surface area contributed by atoms with Gasteiger partial charge < -0.3 is 20.4 Å². The zero-order chi connectivity index (χ0) is 9.02. The maximum absolute atomic E-state index is 9.95. The molecule has 0 unspecified atom stereocenters. The third kappa shape index (κ3) is 3.59. The monoisotopic (exact) mass is 162 g/mol. The van der Waals surface area contributed by atoms with Crippen molar-refractivity contribution >= 4 is 5.97 Å². The molecule has 4 N–H and O–H groups in total. The lowest BCUT2D eigenvalue weighted by Crippen LogP contribution is -2.21. The highest BCUT2D eigenvalue weighted by atomic mass is 16.4. The Bertz CT molecular complexity index is 172. The molecule has 0 radical (unpaired) electrons. The maximum Gasteiger partial charge on any atom is 0.370 e. The number of carboxylic acid groups (broad SMARTS) is 1. The second-order valence-electron chi connectivity index (χ2n) is 2.09. The second-order valence-corrected chi connectivity index (χ2v) is 2.09. The van der Waals surface area contributed by atoms with E-state index in [4.69, 9.17) is 20.4 Å². The summed E-state index contributed by atoms with van der Waals surface area (Å²) in [5.74, 6) is -2.51. The molecule has 0 aliphatic carbocycles. The Morgan fingerprint density at radius 1 is 1.36 bits per heavy atom. The Hall–Kier alpha value is -1.07. The number of aliphatic hydroxyl groups is 3.